The minimum absolute atomic E-state index is 0.992. The molecule has 1 saturated heterocycles. The van der Waals surface area contributed by atoms with Gasteiger partial charge in [-0.3, -0.25) is 4.90 Å². The summed E-state index contributed by atoms with van der Waals surface area (Å²) in [5.41, 5.74) is 0. The molecule has 0 aromatic rings. The molecule has 60 valence electrons. The quantitative estimate of drug-likeness (QED) is 0.513. The van der Waals surface area contributed by atoms with Crippen LogP contribution in [-0.2, 0) is 0 Å². The Labute approximate surface area is 81.7 Å². The molecule has 2 heteroatoms. The number of fused-ring (bicyclic) bond motifs is 1. The van der Waals surface area contributed by atoms with Crippen molar-refractivity contribution in [2.45, 2.75) is 12.8 Å². The Morgan fingerprint density at radius 3 is 3.09 bits per heavy atom. The fourth-order valence-electron chi connectivity index (χ4n) is 1.94. The number of nitrogens with zero attached hydrogens (tertiary/aromatic N) is 1. The van der Waals surface area contributed by atoms with Crippen molar-refractivity contribution in [3.63, 3.8) is 0 Å². The van der Waals surface area contributed by atoms with Crippen molar-refractivity contribution in [2.75, 3.05) is 19.6 Å². The Morgan fingerprint density at radius 1 is 1.45 bits per heavy atom. The van der Waals surface area contributed by atoms with Gasteiger partial charge in [0.1, 0.15) is 0 Å². The van der Waals surface area contributed by atoms with Crippen LogP contribution in [-0.4, -0.2) is 24.5 Å². The van der Waals surface area contributed by atoms with Gasteiger partial charge in [0.2, 0.25) is 0 Å². The van der Waals surface area contributed by atoms with Crippen molar-refractivity contribution < 1.29 is 0 Å². The van der Waals surface area contributed by atoms with Gasteiger partial charge in [0, 0.05) is 29.1 Å². The van der Waals surface area contributed by atoms with Crippen LogP contribution in [0.3, 0.4) is 0 Å². The van der Waals surface area contributed by atoms with Crippen LogP contribution < -0.4 is 0 Å². The van der Waals surface area contributed by atoms with E-state index in [0.29, 0.717) is 0 Å². The van der Waals surface area contributed by atoms with E-state index in [1.165, 1.54) is 25.9 Å². The first kappa shape index (κ1) is 7.88. The van der Waals surface area contributed by atoms with Gasteiger partial charge in [-0.2, -0.15) is 0 Å². The highest BCUT2D eigenvalue weighted by Gasteiger charge is 2.40. The zero-order chi connectivity index (χ0) is 7.68. The van der Waals surface area contributed by atoms with Crippen molar-refractivity contribution >= 4 is 22.6 Å². The van der Waals surface area contributed by atoms with Crippen LogP contribution >= 0.6 is 22.6 Å². The summed E-state index contributed by atoms with van der Waals surface area (Å²) < 4.78 is 2.92. The molecule has 0 radical (unpaired) electrons. The highest BCUT2D eigenvalue weighted by molar-refractivity contribution is 14.1. The monoisotopic (exact) mass is 261 g/mol. The third-order valence-electron chi connectivity index (χ3n) is 2.75. The van der Waals surface area contributed by atoms with E-state index in [1.54, 1.807) is 0 Å². The van der Waals surface area contributed by atoms with Gasteiger partial charge in [-0.05, 0) is 35.1 Å². The fourth-order valence-corrected chi connectivity index (χ4v) is 2.11. The zero-order valence-corrected chi connectivity index (χ0v) is 8.67. The van der Waals surface area contributed by atoms with Gasteiger partial charge >= 0.3 is 0 Å². The van der Waals surface area contributed by atoms with Crippen molar-refractivity contribution in [2.24, 2.45) is 11.8 Å². The summed E-state index contributed by atoms with van der Waals surface area (Å²) in [5.74, 6) is 5.26. The average molecular weight is 261 g/mol. The van der Waals surface area contributed by atoms with Gasteiger partial charge in [-0.1, -0.05) is 5.92 Å². The summed E-state index contributed by atoms with van der Waals surface area (Å²) in [5, 5.41) is 0. The minimum atomic E-state index is 0.992. The first-order valence-electron chi connectivity index (χ1n) is 4.21. The van der Waals surface area contributed by atoms with Crippen LogP contribution in [0.1, 0.15) is 12.8 Å². The largest absolute Gasteiger partial charge is 0.292 e. The van der Waals surface area contributed by atoms with Gasteiger partial charge in [0.05, 0.1) is 6.54 Å². The molecule has 2 fully saturated rings. The van der Waals surface area contributed by atoms with E-state index >= 15 is 0 Å². The molecule has 0 amide bonds. The number of hydrogen-bond acceptors (Lipinski definition) is 1. The number of piperidine rings is 1. The van der Waals surface area contributed by atoms with Crippen molar-refractivity contribution in [3.05, 3.63) is 0 Å². The van der Waals surface area contributed by atoms with E-state index in [0.717, 1.165) is 18.4 Å². The molecule has 0 aromatic carbocycles. The van der Waals surface area contributed by atoms with E-state index in [2.05, 4.69) is 37.3 Å². The molecule has 2 aliphatic rings. The molecule has 1 nitrogen and oxygen atoms in total. The second-order valence-corrected chi connectivity index (χ2v) is 4.09. The van der Waals surface area contributed by atoms with Crippen LogP contribution in [0.2, 0.25) is 0 Å². The van der Waals surface area contributed by atoms with Crippen LogP contribution in [0, 0.1) is 21.7 Å². The lowest BCUT2D eigenvalue weighted by atomic mass is 10.1. The molecular weight excluding hydrogens is 249 g/mol. The average Bonchev–Trinajstić information content (AvgIpc) is 2.78. The molecule has 2 unspecified atom stereocenters. The molecule has 2 atom stereocenters. The molecule has 0 aromatic heterocycles. The number of rotatable bonds is 1. The predicted molar refractivity (Wildman–Crippen MR) is 54.5 cm³/mol. The molecule has 0 spiro atoms. The van der Waals surface area contributed by atoms with Crippen LogP contribution in [0.15, 0.2) is 0 Å². The number of likely N-dealkylation sites (tertiary alicyclic amines) is 1. The molecule has 1 aliphatic heterocycles. The van der Waals surface area contributed by atoms with Crippen LogP contribution in [0.5, 0.6) is 0 Å². The third kappa shape index (κ3) is 1.88. The SMILES string of the molecule is IC#CCN1CCC2CC2C1. The maximum absolute atomic E-state index is 3.12. The molecule has 2 rings (SSSR count). The first-order chi connectivity index (χ1) is 5.40. The van der Waals surface area contributed by atoms with E-state index < -0.39 is 0 Å². The Kier molecular flexibility index (Phi) is 2.38. The molecule has 1 aliphatic carbocycles. The van der Waals surface area contributed by atoms with Crippen LogP contribution in [0.4, 0.5) is 0 Å². The standard InChI is InChI=1S/C9H12IN/c10-3-1-4-11-5-2-8-6-9(8)7-11/h8-9H,2,4-7H2. The Balaban J connectivity index is 1.79. The molecule has 11 heavy (non-hydrogen) atoms. The van der Waals surface area contributed by atoms with Crippen LogP contribution in [0.25, 0.3) is 0 Å². The number of hydrogen-bond donors (Lipinski definition) is 0. The molecule has 0 bridgehead atoms. The summed E-state index contributed by atoms with van der Waals surface area (Å²) in [7, 11) is 0. The Morgan fingerprint density at radius 2 is 2.36 bits per heavy atom. The van der Waals surface area contributed by atoms with Gasteiger partial charge in [-0.15, -0.1) is 0 Å². The van der Waals surface area contributed by atoms with E-state index in [4.69, 9.17) is 0 Å². The topological polar surface area (TPSA) is 3.24 Å². The van der Waals surface area contributed by atoms with Gasteiger partial charge in [0.15, 0.2) is 0 Å². The highest BCUT2D eigenvalue weighted by atomic mass is 127. The lowest BCUT2D eigenvalue weighted by Gasteiger charge is -2.23. The summed E-state index contributed by atoms with van der Waals surface area (Å²) in [6.07, 6.45) is 2.92. The molecule has 1 heterocycles. The second kappa shape index (κ2) is 3.32. The lowest BCUT2D eigenvalue weighted by Crippen LogP contribution is -2.31. The second-order valence-electron chi connectivity index (χ2n) is 3.55. The Hall–Kier alpha value is 0.250. The molecule has 0 N–H and O–H groups in total. The zero-order valence-electron chi connectivity index (χ0n) is 6.52. The highest BCUT2D eigenvalue weighted by Crippen LogP contribution is 2.44. The van der Waals surface area contributed by atoms with Crippen molar-refractivity contribution in [1.29, 1.82) is 0 Å². The smallest absolute Gasteiger partial charge is 0.0609 e. The maximum Gasteiger partial charge on any atom is 0.0609 e. The lowest BCUT2D eigenvalue weighted by molar-refractivity contribution is 0.245. The Bertz CT molecular complexity index is 203. The predicted octanol–water partition coefficient (Wildman–Crippen LogP) is 1.72. The van der Waals surface area contributed by atoms with E-state index in [-0.39, 0.29) is 0 Å². The maximum atomic E-state index is 3.12. The van der Waals surface area contributed by atoms with E-state index in [9.17, 15) is 0 Å². The van der Waals surface area contributed by atoms with Gasteiger partial charge < -0.3 is 0 Å². The summed E-state index contributed by atoms with van der Waals surface area (Å²) in [6, 6.07) is 0. The first-order valence-corrected chi connectivity index (χ1v) is 5.29. The third-order valence-corrected chi connectivity index (χ3v) is 3.13. The fraction of sp³-hybridized carbons (Fsp3) is 0.778. The summed E-state index contributed by atoms with van der Waals surface area (Å²) in [6.45, 7) is 3.59. The minimum Gasteiger partial charge on any atom is -0.292 e. The van der Waals surface area contributed by atoms with Gasteiger partial charge in [-0.25, -0.2) is 0 Å². The molecular formula is C9H12IN. The number of halogens is 1. The molecule has 1 saturated carbocycles. The summed E-state index contributed by atoms with van der Waals surface area (Å²) in [4.78, 5) is 2.49. The van der Waals surface area contributed by atoms with Crippen molar-refractivity contribution in [1.82, 2.24) is 4.90 Å². The van der Waals surface area contributed by atoms with Crippen molar-refractivity contribution in [3.8, 4) is 9.85 Å². The van der Waals surface area contributed by atoms with Gasteiger partial charge in [0.25, 0.3) is 0 Å². The normalized spacial score (nSPS) is 35.4. The summed E-state index contributed by atoms with van der Waals surface area (Å²) >= 11 is 2.11. The van der Waals surface area contributed by atoms with E-state index in [1.807, 2.05) is 0 Å².